The molecule has 1 heterocycles. The zero-order valence-electron chi connectivity index (χ0n) is 13.8. The van der Waals surface area contributed by atoms with Gasteiger partial charge >= 0.3 is 0 Å². The fourth-order valence-electron chi connectivity index (χ4n) is 3.46. The van der Waals surface area contributed by atoms with E-state index in [9.17, 15) is 9.59 Å². The maximum atomic E-state index is 12.5. The number of carbonyl (C=O) groups excluding carboxylic acids is 2. The Morgan fingerprint density at radius 2 is 1.96 bits per heavy atom. The fraction of sp³-hybridized carbons (Fsp3) is 0.500. The zero-order chi connectivity index (χ0) is 17.4. The molecule has 2 atom stereocenters. The second-order valence-corrected chi connectivity index (χ2v) is 7.41. The van der Waals surface area contributed by atoms with Gasteiger partial charge in [0.15, 0.2) is 5.58 Å². The lowest BCUT2D eigenvalue weighted by molar-refractivity contribution is -0.126. The molecule has 3 N–H and O–H groups in total. The molecule has 6 nitrogen and oxygen atoms in total. The van der Waals surface area contributed by atoms with E-state index < -0.39 is 0 Å². The van der Waals surface area contributed by atoms with E-state index in [-0.39, 0.29) is 23.8 Å². The Labute approximate surface area is 150 Å². The maximum Gasteiger partial charge on any atom is 0.266 e. The van der Waals surface area contributed by atoms with Crippen LogP contribution in [-0.4, -0.2) is 28.9 Å². The molecule has 0 aliphatic heterocycles. The second-order valence-electron chi connectivity index (χ2n) is 7.04. The third kappa shape index (κ3) is 3.76. The van der Waals surface area contributed by atoms with Crippen LogP contribution < -0.4 is 10.6 Å². The van der Waals surface area contributed by atoms with Gasteiger partial charge in [0.1, 0.15) is 0 Å². The van der Waals surface area contributed by atoms with Crippen molar-refractivity contribution >= 4 is 35.1 Å². The third-order valence-corrected chi connectivity index (χ3v) is 5.17. The molecule has 0 spiro atoms. The number of aromatic amines is 1. The predicted molar refractivity (Wildman–Crippen MR) is 95.8 cm³/mol. The molecule has 2 fully saturated rings. The molecule has 2 unspecified atom stereocenters. The number of hydrogen-bond donors (Lipinski definition) is 3. The monoisotopic (exact) mass is 359 g/mol. The zero-order valence-corrected chi connectivity index (χ0v) is 14.7. The first kappa shape index (κ1) is 16.3. The number of oxazole rings is 1. The molecule has 4 rings (SSSR count). The van der Waals surface area contributed by atoms with Crippen molar-refractivity contribution in [1.82, 2.24) is 15.6 Å². The SMILES string of the molecule is O=C(NC1CCCC(C(=O)NC2CC2)C1)c1ccc2[nH]c(=S)oc2c1. The van der Waals surface area contributed by atoms with Gasteiger partial charge in [0, 0.05) is 23.6 Å². The van der Waals surface area contributed by atoms with Crippen LogP contribution in [-0.2, 0) is 4.79 Å². The van der Waals surface area contributed by atoms with Crippen LogP contribution in [0.5, 0.6) is 0 Å². The van der Waals surface area contributed by atoms with Gasteiger partial charge in [-0.15, -0.1) is 0 Å². The molecule has 2 saturated carbocycles. The fourth-order valence-corrected chi connectivity index (χ4v) is 3.66. The minimum absolute atomic E-state index is 0.00424. The summed E-state index contributed by atoms with van der Waals surface area (Å²) in [5.74, 6) is 0.00835. The van der Waals surface area contributed by atoms with Crippen molar-refractivity contribution in [3.63, 3.8) is 0 Å². The molecule has 2 amide bonds. The van der Waals surface area contributed by atoms with E-state index in [0.717, 1.165) is 37.6 Å². The van der Waals surface area contributed by atoms with Crippen LogP contribution in [0.4, 0.5) is 0 Å². The lowest BCUT2D eigenvalue weighted by Crippen LogP contribution is -2.42. The summed E-state index contributed by atoms with van der Waals surface area (Å²) >= 11 is 4.96. The average Bonchev–Trinajstić information content (AvgIpc) is 3.32. The van der Waals surface area contributed by atoms with Crippen molar-refractivity contribution in [2.75, 3.05) is 0 Å². The number of carbonyl (C=O) groups is 2. The molecule has 7 heteroatoms. The van der Waals surface area contributed by atoms with Crippen molar-refractivity contribution in [1.29, 1.82) is 0 Å². The Hall–Kier alpha value is -2.15. The average molecular weight is 359 g/mol. The first-order chi connectivity index (χ1) is 12.1. The summed E-state index contributed by atoms with van der Waals surface area (Å²) in [6, 6.07) is 5.64. The van der Waals surface area contributed by atoms with Crippen molar-refractivity contribution in [3.8, 4) is 0 Å². The van der Waals surface area contributed by atoms with E-state index in [1.807, 2.05) is 0 Å². The first-order valence-electron chi connectivity index (χ1n) is 8.82. The molecule has 2 aromatic rings. The van der Waals surface area contributed by atoms with Gasteiger partial charge < -0.3 is 20.0 Å². The van der Waals surface area contributed by atoms with E-state index >= 15 is 0 Å². The maximum absolute atomic E-state index is 12.5. The molecule has 25 heavy (non-hydrogen) atoms. The summed E-state index contributed by atoms with van der Waals surface area (Å²) in [6.45, 7) is 0. The van der Waals surface area contributed by atoms with Crippen LogP contribution >= 0.6 is 12.2 Å². The molecular weight excluding hydrogens is 338 g/mol. The third-order valence-electron chi connectivity index (χ3n) is 4.99. The van der Waals surface area contributed by atoms with Crippen LogP contribution in [0.15, 0.2) is 22.6 Å². The van der Waals surface area contributed by atoms with Crippen LogP contribution in [0.1, 0.15) is 48.9 Å². The van der Waals surface area contributed by atoms with Crippen molar-refractivity contribution < 1.29 is 14.0 Å². The van der Waals surface area contributed by atoms with E-state index in [4.69, 9.17) is 16.6 Å². The number of aromatic nitrogens is 1. The number of amides is 2. The Morgan fingerprint density at radius 3 is 2.76 bits per heavy atom. The summed E-state index contributed by atoms with van der Waals surface area (Å²) in [6.07, 6.45) is 5.66. The van der Waals surface area contributed by atoms with Gasteiger partial charge in [0.25, 0.3) is 10.7 Å². The van der Waals surface area contributed by atoms with Gasteiger partial charge in [-0.1, -0.05) is 6.42 Å². The normalized spacial score (nSPS) is 23.4. The largest absolute Gasteiger partial charge is 0.429 e. The first-order valence-corrected chi connectivity index (χ1v) is 9.23. The Morgan fingerprint density at radius 1 is 1.12 bits per heavy atom. The minimum atomic E-state index is -0.141. The Kier molecular flexibility index (Phi) is 4.33. The highest BCUT2D eigenvalue weighted by Crippen LogP contribution is 2.27. The lowest BCUT2D eigenvalue weighted by Gasteiger charge is -2.29. The van der Waals surface area contributed by atoms with Gasteiger partial charge in [0.05, 0.1) is 5.52 Å². The molecule has 2 aliphatic rings. The molecule has 132 valence electrons. The highest BCUT2D eigenvalue weighted by atomic mass is 32.1. The summed E-state index contributed by atoms with van der Waals surface area (Å²) in [5.41, 5.74) is 1.88. The van der Waals surface area contributed by atoms with Crippen molar-refractivity contribution in [2.24, 2.45) is 5.92 Å². The highest BCUT2D eigenvalue weighted by Gasteiger charge is 2.31. The molecule has 1 aromatic carbocycles. The Bertz CT molecular complexity index is 868. The van der Waals surface area contributed by atoms with E-state index in [1.54, 1.807) is 18.2 Å². The summed E-state index contributed by atoms with van der Waals surface area (Å²) < 4.78 is 5.37. The Balaban J connectivity index is 1.40. The van der Waals surface area contributed by atoms with Crippen molar-refractivity contribution in [3.05, 3.63) is 28.6 Å². The quantitative estimate of drug-likeness (QED) is 0.732. The number of rotatable bonds is 4. The minimum Gasteiger partial charge on any atom is -0.429 e. The molecule has 0 radical (unpaired) electrons. The van der Waals surface area contributed by atoms with Gasteiger partial charge in [-0.25, -0.2) is 0 Å². The van der Waals surface area contributed by atoms with Gasteiger partial charge in [0.2, 0.25) is 5.91 Å². The number of nitrogens with one attached hydrogen (secondary N) is 3. The topological polar surface area (TPSA) is 87.1 Å². The lowest BCUT2D eigenvalue weighted by atomic mass is 9.85. The summed E-state index contributed by atoms with van der Waals surface area (Å²) in [7, 11) is 0. The van der Waals surface area contributed by atoms with E-state index in [1.165, 1.54) is 0 Å². The summed E-state index contributed by atoms with van der Waals surface area (Å²) in [4.78, 5) is 28.0. The molecule has 0 bridgehead atoms. The molecule has 0 saturated heterocycles. The molecular formula is C18H21N3O3S. The second kappa shape index (κ2) is 6.63. The standard InChI is InChI=1S/C18H21N3O3S/c22-16(19-12-5-6-12)10-2-1-3-13(8-10)20-17(23)11-4-7-14-15(9-11)24-18(25)21-14/h4,7,9-10,12-13H,1-3,5-6,8H2,(H,19,22)(H,20,23)(H,21,25). The van der Waals surface area contributed by atoms with Crippen LogP contribution in [0.25, 0.3) is 11.1 Å². The van der Waals surface area contributed by atoms with Crippen LogP contribution in [0.2, 0.25) is 0 Å². The van der Waals surface area contributed by atoms with Crippen LogP contribution in [0, 0.1) is 10.8 Å². The van der Waals surface area contributed by atoms with Crippen molar-refractivity contribution in [2.45, 2.75) is 50.6 Å². The smallest absolute Gasteiger partial charge is 0.266 e. The number of benzene rings is 1. The van der Waals surface area contributed by atoms with Crippen LogP contribution in [0.3, 0.4) is 0 Å². The van der Waals surface area contributed by atoms with E-state index in [0.29, 0.717) is 28.4 Å². The molecule has 2 aliphatic carbocycles. The predicted octanol–water partition coefficient (Wildman–Crippen LogP) is 3.06. The highest BCUT2D eigenvalue weighted by molar-refractivity contribution is 7.71. The van der Waals surface area contributed by atoms with E-state index in [2.05, 4.69) is 15.6 Å². The van der Waals surface area contributed by atoms with Gasteiger partial charge in [-0.3, -0.25) is 9.59 Å². The number of hydrogen-bond acceptors (Lipinski definition) is 4. The van der Waals surface area contributed by atoms with Gasteiger partial charge in [-0.2, -0.15) is 0 Å². The van der Waals surface area contributed by atoms with Gasteiger partial charge in [-0.05, 0) is 62.5 Å². The summed E-state index contributed by atoms with van der Waals surface area (Å²) in [5, 5.41) is 6.14. The number of H-pyrrole nitrogens is 1. The number of fused-ring (bicyclic) bond motifs is 1. The molecule has 1 aromatic heterocycles.